The molecule has 1 atom stereocenters. The molecule has 1 fully saturated rings. The highest BCUT2D eigenvalue weighted by atomic mass is 32.1. The molecule has 10 heteroatoms. The van der Waals surface area contributed by atoms with E-state index in [1.54, 1.807) is 17.4 Å². The van der Waals surface area contributed by atoms with Crippen LogP contribution in [0.15, 0.2) is 41.8 Å². The van der Waals surface area contributed by atoms with Crippen LogP contribution in [-0.2, 0) is 11.7 Å². The first-order valence-electron chi connectivity index (χ1n) is 10.7. The average molecular weight is 465 g/mol. The van der Waals surface area contributed by atoms with Crippen LogP contribution in [0.1, 0.15) is 49.5 Å². The smallest absolute Gasteiger partial charge is 0.369 e. The summed E-state index contributed by atoms with van der Waals surface area (Å²) in [6, 6.07) is 9.57. The molecular weight excluding hydrogens is 437 g/mol. The number of halogens is 3. The first-order chi connectivity index (χ1) is 15.2. The molecule has 1 aliphatic heterocycles. The van der Waals surface area contributed by atoms with E-state index >= 15 is 0 Å². The van der Waals surface area contributed by atoms with Gasteiger partial charge in [-0.3, -0.25) is 4.90 Å². The van der Waals surface area contributed by atoms with Crippen molar-refractivity contribution in [3.8, 4) is 0 Å². The minimum Gasteiger partial charge on any atom is -0.369 e. The van der Waals surface area contributed by atoms with Gasteiger partial charge in [-0.05, 0) is 60.3 Å². The zero-order valence-electron chi connectivity index (χ0n) is 18.4. The van der Waals surface area contributed by atoms with Gasteiger partial charge in [-0.2, -0.15) is 13.2 Å². The standard InChI is InChI=1S/C22H27F3N6S/c1-4-21(2,3)31-20(26-27-28-31)19(18-9-6-14-32-18)30-12-10-29(11-13-30)17-8-5-7-16(15-17)22(23,24)25/h5-9,14-15,19H,4,10-13H2,1-3H3. The van der Waals surface area contributed by atoms with E-state index in [1.807, 2.05) is 21.0 Å². The van der Waals surface area contributed by atoms with E-state index in [0.717, 1.165) is 23.2 Å². The van der Waals surface area contributed by atoms with Crippen molar-refractivity contribution in [2.45, 2.75) is 44.9 Å². The Morgan fingerprint density at radius 3 is 2.44 bits per heavy atom. The van der Waals surface area contributed by atoms with Gasteiger partial charge < -0.3 is 4.90 Å². The molecule has 0 N–H and O–H groups in total. The Kier molecular flexibility index (Phi) is 6.26. The maximum absolute atomic E-state index is 13.1. The Labute approximate surface area is 189 Å². The minimum absolute atomic E-state index is 0.0977. The van der Waals surface area contributed by atoms with Gasteiger partial charge in [-0.1, -0.05) is 19.1 Å². The van der Waals surface area contributed by atoms with Crippen LogP contribution in [0, 0.1) is 0 Å². The fourth-order valence-corrected chi connectivity index (χ4v) is 4.83. The van der Waals surface area contributed by atoms with Crippen molar-refractivity contribution in [2.75, 3.05) is 31.1 Å². The number of nitrogens with zero attached hydrogens (tertiary/aromatic N) is 6. The van der Waals surface area contributed by atoms with Crippen LogP contribution in [0.4, 0.5) is 18.9 Å². The maximum Gasteiger partial charge on any atom is 0.416 e. The molecule has 4 rings (SSSR count). The van der Waals surface area contributed by atoms with Crippen LogP contribution in [0.2, 0.25) is 0 Å². The quantitative estimate of drug-likeness (QED) is 0.524. The van der Waals surface area contributed by atoms with E-state index in [9.17, 15) is 13.2 Å². The number of thiophene rings is 1. The minimum atomic E-state index is -4.34. The van der Waals surface area contributed by atoms with Crippen molar-refractivity contribution in [1.29, 1.82) is 0 Å². The van der Waals surface area contributed by atoms with Crippen molar-refractivity contribution in [1.82, 2.24) is 25.1 Å². The summed E-state index contributed by atoms with van der Waals surface area (Å²) in [6.07, 6.45) is -3.46. The Morgan fingerprint density at radius 1 is 1.06 bits per heavy atom. The van der Waals surface area contributed by atoms with Crippen LogP contribution in [-0.4, -0.2) is 51.3 Å². The summed E-state index contributed by atoms with van der Waals surface area (Å²) < 4.78 is 41.3. The second kappa shape index (κ2) is 8.82. The fourth-order valence-electron chi connectivity index (χ4n) is 3.98. The molecule has 1 unspecified atom stereocenters. The largest absolute Gasteiger partial charge is 0.416 e. The number of rotatable bonds is 6. The number of alkyl halides is 3. The lowest BCUT2D eigenvalue weighted by Crippen LogP contribution is -2.48. The normalized spacial score (nSPS) is 17.0. The lowest BCUT2D eigenvalue weighted by molar-refractivity contribution is -0.137. The molecule has 0 radical (unpaired) electrons. The number of hydrogen-bond donors (Lipinski definition) is 0. The lowest BCUT2D eigenvalue weighted by Gasteiger charge is -2.40. The van der Waals surface area contributed by atoms with Crippen molar-refractivity contribution >= 4 is 17.0 Å². The summed E-state index contributed by atoms with van der Waals surface area (Å²) in [7, 11) is 0. The van der Waals surface area contributed by atoms with Gasteiger partial charge in [0.25, 0.3) is 0 Å². The van der Waals surface area contributed by atoms with E-state index in [-0.39, 0.29) is 11.6 Å². The fraction of sp³-hybridized carbons (Fsp3) is 0.500. The van der Waals surface area contributed by atoms with Crippen molar-refractivity contribution in [2.24, 2.45) is 0 Å². The third kappa shape index (κ3) is 4.52. The number of piperazine rings is 1. The van der Waals surface area contributed by atoms with E-state index in [1.165, 1.54) is 12.1 Å². The van der Waals surface area contributed by atoms with Crippen LogP contribution in [0.5, 0.6) is 0 Å². The second-order valence-electron chi connectivity index (χ2n) is 8.60. The SMILES string of the molecule is CCC(C)(C)n1nnnc1C(c1cccs1)N1CCN(c2cccc(C(F)(F)F)c2)CC1. The van der Waals surface area contributed by atoms with Gasteiger partial charge in [0.2, 0.25) is 0 Å². The molecule has 1 saturated heterocycles. The summed E-state index contributed by atoms with van der Waals surface area (Å²) in [5.74, 6) is 0.798. The van der Waals surface area contributed by atoms with Crippen LogP contribution in [0.3, 0.4) is 0 Å². The second-order valence-corrected chi connectivity index (χ2v) is 9.58. The van der Waals surface area contributed by atoms with E-state index in [2.05, 4.69) is 47.3 Å². The zero-order valence-corrected chi connectivity index (χ0v) is 19.2. The first kappa shape index (κ1) is 22.7. The highest BCUT2D eigenvalue weighted by molar-refractivity contribution is 7.10. The van der Waals surface area contributed by atoms with Gasteiger partial charge in [0.1, 0.15) is 6.04 Å². The highest BCUT2D eigenvalue weighted by Crippen LogP contribution is 2.35. The summed E-state index contributed by atoms with van der Waals surface area (Å²) in [5, 5.41) is 14.7. The predicted octanol–water partition coefficient (Wildman–Crippen LogP) is 4.81. The molecule has 6 nitrogen and oxygen atoms in total. The molecule has 32 heavy (non-hydrogen) atoms. The number of tetrazole rings is 1. The average Bonchev–Trinajstić information content (AvgIpc) is 3.47. The maximum atomic E-state index is 13.1. The summed E-state index contributed by atoms with van der Waals surface area (Å²) in [5.41, 5.74) is -0.243. The lowest BCUT2D eigenvalue weighted by atomic mass is 10.0. The van der Waals surface area contributed by atoms with Gasteiger partial charge in [-0.15, -0.1) is 16.4 Å². The molecule has 0 aliphatic carbocycles. The number of hydrogen-bond acceptors (Lipinski definition) is 6. The third-order valence-electron chi connectivity index (χ3n) is 6.21. The Balaban J connectivity index is 1.58. The predicted molar refractivity (Wildman–Crippen MR) is 119 cm³/mol. The molecule has 1 aliphatic rings. The molecule has 3 aromatic rings. The summed E-state index contributed by atoms with van der Waals surface area (Å²) in [6.45, 7) is 8.98. The molecule has 172 valence electrons. The first-order valence-corrected chi connectivity index (χ1v) is 11.6. The number of aromatic nitrogens is 4. The molecule has 2 aromatic heterocycles. The Hall–Kier alpha value is -2.46. The van der Waals surface area contributed by atoms with Crippen LogP contribution >= 0.6 is 11.3 Å². The molecule has 0 amide bonds. The molecule has 0 bridgehead atoms. The van der Waals surface area contributed by atoms with Gasteiger partial charge in [0.05, 0.1) is 11.1 Å². The topological polar surface area (TPSA) is 50.1 Å². The molecular formula is C22H27F3N6S. The van der Waals surface area contributed by atoms with Crippen LogP contribution < -0.4 is 4.90 Å². The molecule has 1 aromatic carbocycles. The van der Waals surface area contributed by atoms with Crippen molar-refractivity contribution < 1.29 is 13.2 Å². The zero-order chi connectivity index (χ0) is 22.9. The van der Waals surface area contributed by atoms with E-state index < -0.39 is 11.7 Å². The van der Waals surface area contributed by atoms with Crippen molar-refractivity contribution in [3.05, 3.63) is 58.0 Å². The number of anilines is 1. The molecule has 0 spiro atoms. The third-order valence-corrected chi connectivity index (χ3v) is 7.13. The van der Waals surface area contributed by atoms with E-state index in [0.29, 0.717) is 31.9 Å². The Morgan fingerprint density at radius 2 is 1.81 bits per heavy atom. The van der Waals surface area contributed by atoms with Crippen LogP contribution in [0.25, 0.3) is 0 Å². The highest BCUT2D eigenvalue weighted by Gasteiger charge is 2.35. The van der Waals surface area contributed by atoms with Gasteiger partial charge in [0, 0.05) is 36.7 Å². The Bertz CT molecular complexity index is 1020. The summed E-state index contributed by atoms with van der Waals surface area (Å²) >= 11 is 1.66. The van der Waals surface area contributed by atoms with Gasteiger partial charge >= 0.3 is 6.18 Å². The molecule has 0 saturated carbocycles. The monoisotopic (exact) mass is 464 g/mol. The van der Waals surface area contributed by atoms with E-state index in [4.69, 9.17) is 0 Å². The summed E-state index contributed by atoms with van der Waals surface area (Å²) in [4.78, 5) is 5.49. The number of benzene rings is 1. The van der Waals surface area contributed by atoms with Gasteiger partial charge in [0.15, 0.2) is 5.82 Å². The van der Waals surface area contributed by atoms with Crippen molar-refractivity contribution in [3.63, 3.8) is 0 Å². The van der Waals surface area contributed by atoms with Gasteiger partial charge in [-0.25, -0.2) is 4.68 Å². The molecule has 3 heterocycles.